The molecule has 1 aromatic heterocycles. The van der Waals surface area contributed by atoms with E-state index in [2.05, 4.69) is 15.3 Å². The molecule has 0 aliphatic carbocycles. The maximum atomic E-state index is 5.99. The van der Waals surface area contributed by atoms with Gasteiger partial charge in [-0.3, -0.25) is 0 Å². The fraction of sp³-hybridized carbons (Fsp3) is 0.286. The molecule has 0 amide bonds. The van der Waals surface area contributed by atoms with Crippen LogP contribution in [0, 0.1) is 0 Å². The molecule has 0 saturated carbocycles. The van der Waals surface area contributed by atoms with Gasteiger partial charge in [0.25, 0.3) is 0 Å². The second kappa shape index (κ2) is 5.96. The summed E-state index contributed by atoms with van der Waals surface area (Å²) in [5.41, 5.74) is 6.61. The van der Waals surface area contributed by atoms with Gasteiger partial charge in [-0.15, -0.1) is 0 Å². The number of hydrogen-bond acceptors (Lipinski definition) is 5. The van der Waals surface area contributed by atoms with Gasteiger partial charge in [0.1, 0.15) is 23.2 Å². The number of nitrogens with zero attached hydrogens (tertiary/aromatic N) is 2. The Bertz CT molecular complexity index is 616. The van der Waals surface area contributed by atoms with Crippen molar-refractivity contribution in [2.75, 3.05) is 18.2 Å². The SMILES string of the molecule is COc1cc(Nc2cc(N)nc(C(C)C)n2)ccc1Cl. The van der Waals surface area contributed by atoms with E-state index >= 15 is 0 Å². The number of hydrogen-bond donors (Lipinski definition) is 2. The first kappa shape index (κ1) is 14.4. The minimum absolute atomic E-state index is 0.207. The van der Waals surface area contributed by atoms with Gasteiger partial charge in [-0.25, -0.2) is 9.97 Å². The molecule has 5 nitrogen and oxygen atoms in total. The van der Waals surface area contributed by atoms with E-state index in [0.29, 0.717) is 28.2 Å². The van der Waals surface area contributed by atoms with Crippen molar-refractivity contribution in [1.82, 2.24) is 9.97 Å². The smallest absolute Gasteiger partial charge is 0.139 e. The quantitative estimate of drug-likeness (QED) is 0.901. The lowest BCUT2D eigenvalue weighted by Crippen LogP contribution is -2.04. The molecule has 0 bridgehead atoms. The van der Waals surface area contributed by atoms with Crippen molar-refractivity contribution in [3.8, 4) is 5.75 Å². The topological polar surface area (TPSA) is 73.1 Å². The maximum Gasteiger partial charge on any atom is 0.139 e. The van der Waals surface area contributed by atoms with Crippen molar-refractivity contribution >= 4 is 28.9 Å². The third-order valence-electron chi connectivity index (χ3n) is 2.70. The molecule has 0 radical (unpaired) electrons. The molecule has 6 heteroatoms. The fourth-order valence-corrected chi connectivity index (χ4v) is 1.89. The molecule has 106 valence electrons. The van der Waals surface area contributed by atoms with E-state index in [1.807, 2.05) is 19.9 Å². The van der Waals surface area contributed by atoms with Gasteiger partial charge in [-0.05, 0) is 12.1 Å². The van der Waals surface area contributed by atoms with Gasteiger partial charge in [0.15, 0.2) is 0 Å². The molecule has 1 heterocycles. The van der Waals surface area contributed by atoms with Crippen LogP contribution in [-0.4, -0.2) is 17.1 Å². The van der Waals surface area contributed by atoms with Crippen LogP contribution in [-0.2, 0) is 0 Å². The minimum Gasteiger partial charge on any atom is -0.495 e. The molecule has 0 fully saturated rings. The van der Waals surface area contributed by atoms with Crippen LogP contribution < -0.4 is 15.8 Å². The summed E-state index contributed by atoms with van der Waals surface area (Å²) >= 11 is 5.99. The highest BCUT2D eigenvalue weighted by Crippen LogP contribution is 2.29. The largest absolute Gasteiger partial charge is 0.495 e. The number of ether oxygens (including phenoxy) is 1. The molecule has 20 heavy (non-hydrogen) atoms. The Morgan fingerprint density at radius 3 is 2.65 bits per heavy atom. The van der Waals surface area contributed by atoms with E-state index in [4.69, 9.17) is 22.1 Å². The van der Waals surface area contributed by atoms with Gasteiger partial charge < -0.3 is 15.8 Å². The van der Waals surface area contributed by atoms with Crippen LogP contribution in [0.4, 0.5) is 17.3 Å². The molecule has 1 aromatic carbocycles. The van der Waals surface area contributed by atoms with Crippen LogP contribution >= 0.6 is 11.6 Å². The molecular weight excluding hydrogens is 276 g/mol. The lowest BCUT2D eigenvalue weighted by atomic mass is 10.2. The Balaban J connectivity index is 2.30. The predicted octanol–water partition coefficient (Wildman–Crippen LogP) is 3.59. The molecule has 0 aliphatic heterocycles. The van der Waals surface area contributed by atoms with Gasteiger partial charge in [0.05, 0.1) is 12.1 Å². The highest BCUT2D eigenvalue weighted by molar-refractivity contribution is 6.32. The van der Waals surface area contributed by atoms with Crippen LogP contribution in [0.2, 0.25) is 5.02 Å². The monoisotopic (exact) mass is 292 g/mol. The van der Waals surface area contributed by atoms with Crippen molar-refractivity contribution in [2.24, 2.45) is 0 Å². The fourth-order valence-electron chi connectivity index (χ4n) is 1.69. The van der Waals surface area contributed by atoms with Crippen molar-refractivity contribution in [3.63, 3.8) is 0 Å². The van der Waals surface area contributed by atoms with Crippen molar-refractivity contribution in [1.29, 1.82) is 0 Å². The van der Waals surface area contributed by atoms with Gasteiger partial charge in [0, 0.05) is 23.7 Å². The van der Waals surface area contributed by atoms with Crippen LogP contribution in [0.1, 0.15) is 25.6 Å². The van der Waals surface area contributed by atoms with Crippen LogP contribution in [0.25, 0.3) is 0 Å². The van der Waals surface area contributed by atoms with Gasteiger partial charge >= 0.3 is 0 Å². The van der Waals surface area contributed by atoms with Crippen LogP contribution in [0.5, 0.6) is 5.75 Å². The normalized spacial score (nSPS) is 10.7. The van der Waals surface area contributed by atoms with E-state index in [1.165, 1.54) is 0 Å². The molecule has 0 atom stereocenters. The molecular formula is C14H17ClN4O. The average molecular weight is 293 g/mol. The number of anilines is 3. The Morgan fingerprint density at radius 2 is 2.00 bits per heavy atom. The zero-order valence-corrected chi connectivity index (χ0v) is 12.4. The maximum absolute atomic E-state index is 5.99. The Hall–Kier alpha value is -2.01. The van der Waals surface area contributed by atoms with Gasteiger partial charge in [-0.2, -0.15) is 0 Å². The first-order valence-corrected chi connectivity index (χ1v) is 6.62. The molecule has 2 aromatic rings. The summed E-state index contributed by atoms with van der Waals surface area (Å²) in [5.74, 6) is 2.59. The summed E-state index contributed by atoms with van der Waals surface area (Å²) in [6.07, 6.45) is 0. The number of benzene rings is 1. The van der Waals surface area contributed by atoms with E-state index < -0.39 is 0 Å². The number of rotatable bonds is 4. The molecule has 0 aliphatic rings. The van der Waals surface area contributed by atoms with Crippen molar-refractivity contribution in [2.45, 2.75) is 19.8 Å². The summed E-state index contributed by atoms with van der Waals surface area (Å²) in [6.45, 7) is 4.04. The summed E-state index contributed by atoms with van der Waals surface area (Å²) in [6, 6.07) is 7.09. The van der Waals surface area contributed by atoms with Crippen molar-refractivity contribution < 1.29 is 4.74 Å². The third-order valence-corrected chi connectivity index (χ3v) is 3.02. The summed E-state index contributed by atoms with van der Waals surface area (Å²) in [4.78, 5) is 8.63. The van der Waals surface area contributed by atoms with Gasteiger partial charge in [0.2, 0.25) is 0 Å². The molecule has 3 N–H and O–H groups in total. The zero-order valence-electron chi connectivity index (χ0n) is 11.6. The van der Waals surface area contributed by atoms with Crippen molar-refractivity contribution in [3.05, 3.63) is 35.1 Å². The first-order valence-electron chi connectivity index (χ1n) is 6.24. The molecule has 0 spiro atoms. The number of nitrogen functional groups attached to an aromatic ring is 1. The highest BCUT2D eigenvalue weighted by Gasteiger charge is 2.08. The molecule has 2 rings (SSSR count). The van der Waals surface area contributed by atoms with E-state index in [9.17, 15) is 0 Å². The van der Waals surface area contributed by atoms with E-state index in [-0.39, 0.29) is 5.92 Å². The van der Waals surface area contributed by atoms with E-state index in [0.717, 1.165) is 5.69 Å². The summed E-state index contributed by atoms with van der Waals surface area (Å²) in [7, 11) is 1.57. The van der Waals surface area contributed by atoms with Crippen LogP contribution in [0.15, 0.2) is 24.3 Å². The number of halogens is 1. The standard InChI is InChI=1S/C14H17ClN4O/c1-8(2)14-18-12(16)7-13(19-14)17-9-4-5-10(15)11(6-9)20-3/h4-8H,1-3H3,(H3,16,17,18,19). The Morgan fingerprint density at radius 1 is 1.25 bits per heavy atom. The Kier molecular flexibility index (Phi) is 4.29. The Labute approximate surface area is 123 Å². The molecule has 0 unspecified atom stereocenters. The second-order valence-corrected chi connectivity index (χ2v) is 5.07. The summed E-state index contributed by atoms with van der Waals surface area (Å²) in [5, 5.41) is 3.73. The number of aromatic nitrogens is 2. The van der Waals surface area contributed by atoms with Gasteiger partial charge in [-0.1, -0.05) is 25.4 Å². The number of nitrogens with one attached hydrogen (secondary N) is 1. The zero-order chi connectivity index (χ0) is 14.7. The number of nitrogens with two attached hydrogens (primary N) is 1. The minimum atomic E-state index is 0.207. The van der Waals surface area contributed by atoms with Crippen LogP contribution in [0.3, 0.4) is 0 Å². The third kappa shape index (κ3) is 3.30. The van der Waals surface area contributed by atoms with E-state index in [1.54, 1.807) is 25.3 Å². The lowest BCUT2D eigenvalue weighted by Gasteiger charge is -2.11. The first-order chi connectivity index (χ1) is 9.49. The number of methoxy groups -OCH3 is 1. The lowest BCUT2D eigenvalue weighted by molar-refractivity contribution is 0.415. The predicted molar refractivity (Wildman–Crippen MR) is 81.8 cm³/mol. The summed E-state index contributed by atoms with van der Waals surface area (Å²) < 4.78 is 5.18. The molecule has 0 saturated heterocycles. The average Bonchev–Trinajstić information content (AvgIpc) is 2.40. The highest BCUT2D eigenvalue weighted by atomic mass is 35.5. The second-order valence-electron chi connectivity index (χ2n) is 4.67.